The third kappa shape index (κ3) is 4.41. The Balaban J connectivity index is 2.06. The van der Waals surface area contributed by atoms with Crippen LogP contribution in [0.4, 0.5) is 0 Å². The van der Waals surface area contributed by atoms with E-state index >= 15 is 0 Å². The summed E-state index contributed by atoms with van der Waals surface area (Å²) in [6.07, 6.45) is 7.07. The van der Waals surface area contributed by atoms with Gasteiger partial charge in [0.25, 0.3) is 0 Å². The molecule has 162 valence electrons. The van der Waals surface area contributed by atoms with E-state index in [0.717, 1.165) is 41.7 Å². The Morgan fingerprint density at radius 2 is 1.84 bits per heavy atom. The minimum Gasteiger partial charge on any atom is -0.496 e. The number of ketones is 1. The monoisotopic (exact) mass is 419 g/mol. The van der Waals surface area contributed by atoms with Gasteiger partial charge in [0.1, 0.15) is 22.7 Å². The summed E-state index contributed by atoms with van der Waals surface area (Å²) in [5.74, 6) is 1.01. The summed E-state index contributed by atoms with van der Waals surface area (Å²) >= 11 is 0. The van der Waals surface area contributed by atoms with Crippen molar-refractivity contribution in [3.63, 3.8) is 0 Å². The van der Waals surface area contributed by atoms with Gasteiger partial charge in [-0.15, -0.1) is 0 Å². The van der Waals surface area contributed by atoms with Crippen LogP contribution in [0, 0.1) is 11.3 Å². The molecule has 3 aromatic rings. The van der Waals surface area contributed by atoms with Crippen LogP contribution in [0.3, 0.4) is 0 Å². The number of carbonyl (C=O) groups is 1. The minimum absolute atomic E-state index is 0.0234. The van der Waals surface area contributed by atoms with E-state index in [2.05, 4.69) is 18.0 Å². The quantitative estimate of drug-likeness (QED) is 0.334. The highest BCUT2D eigenvalue weighted by atomic mass is 16.5. The fourth-order valence-corrected chi connectivity index (χ4v) is 3.64. The SMILES string of the molecule is CCCCCC(=O)c1c(OC)cc(-c2cnc3cc(C(C)(C)C#N)ccn23)cc1OC. The van der Waals surface area contributed by atoms with Gasteiger partial charge in [-0.25, -0.2) is 4.98 Å². The number of nitriles is 1. The Morgan fingerprint density at radius 1 is 1.16 bits per heavy atom. The number of imidazole rings is 1. The highest BCUT2D eigenvalue weighted by Gasteiger charge is 2.23. The van der Waals surface area contributed by atoms with E-state index in [4.69, 9.17) is 9.47 Å². The standard InChI is InChI=1S/C25H29N3O3/c1-6-7-8-9-20(29)24-21(30-4)12-17(13-22(24)31-5)19-15-27-23-14-18(10-11-28(19)23)25(2,3)16-26/h10-15H,6-9H2,1-5H3. The number of methoxy groups -OCH3 is 2. The van der Waals surface area contributed by atoms with Crippen LogP contribution in [-0.2, 0) is 5.41 Å². The lowest BCUT2D eigenvalue weighted by Crippen LogP contribution is -2.14. The number of unbranched alkanes of at least 4 members (excludes halogenated alkanes) is 2. The Kier molecular flexibility index (Phi) is 6.65. The minimum atomic E-state index is -0.597. The second-order valence-corrected chi connectivity index (χ2v) is 8.16. The number of fused-ring (bicyclic) bond motifs is 1. The number of Topliss-reactive ketones (excluding diaryl/α,β-unsaturated/α-hetero) is 1. The molecular formula is C25H29N3O3. The van der Waals surface area contributed by atoms with Gasteiger partial charge in [-0.2, -0.15) is 5.26 Å². The second-order valence-electron chi connectivity index (χ2n) is 8.16. The summed E-state index contributed by atoms with van der Waals surface area (Å²) in [4.78, 5) is 17.4. The normalized spacial score (nSPS) is 11.4. The van der Waals surface area contributed by atoms with Crippen molar-refractivity contribution in [2.75, 3.05) is 14.2 Å². The van der Waals surface area contributed by atoms with Crippen molar-refractivity contribution in [1.82, 2.24) is 9.38 Å². The first-order valence-electron chi connectivity index (χ1n) is 10.5. The van der Waals surface area contributed by atoms with Crippen molar-refractivity contribution in [2.45, 2.75) is 51.9 Å². The number of carbonyl (C=O) groups excluding carboxylic acids is 1. The fraction of sp³-hybridized carbons (Fsp3) is 0.400. The van der Waals surface area contributed by atoms with E-state index < -0.39 is 5.41 Å². The van der Waals surface area contributed by atoms with E-state index in [9.17, 15) is 10.1 Å². The van der Waals surface area contributed by atoms with Crippen LogP contribution in [0.1, 0.15) is 62.4 Å². The predicted molar refractivity (Wildman–Crippen MR) is 121 cm³/mol. The fourth-order valence-electron chi connectivity index (χ4n) is 3.64. The Bertz CT molecular complexity index is 1110. The van der Waals surface area contributed by atoms with Gasteiger partial charge in [-0.1, -0.05) is 19.8 Å². The summed E-state index contributed by atoms with van der Waals surface area (Å²) in [5, 5.41) is 9.42. The van der Waals surface area contributed by atoms with Crippen molar-refractivity contribution >= 4 is 11.4 Å². The lowest BCUT2D eigenvalue weighted by Gasteiger charge is -2.16. The van der Waals surface area contributed by atoms with Gasteiger partial charge in [0, 0.05) is 18.2 Å². The summed E-state index contributed by atoms with van der Waals surface area (Å²) in [7, 11) is 3.12. The average molecular weight is 420 g/mol. The molecule has 0 saturated carbocycles. The maximum atomic E-state index is 12.8. The number of rotatable bonds is 9. The van der Waals surface area contributed by atoms with E-state index in [1.165, 1.54) is 0 Å². The number of benzene rings is 1. The Hall–Kier alpha value is -3.33. The molecule has 0 fully saturated rings. The topological polar surface area (TPSA) is 76.6 Å². The zero-order valence-corrected chi connectivity index (χ0v) is 18.9. The number of ether oxygens (including phenoxy) is 2. The van der Waals surface area contributed by atoms with Crippen LogP contribution in [0.15, 0.2) is 36.7 Å². The van der Waals surface area contributed by atoms with Crippen molar-refractivity contribution in [3.8, 4) is 28.8 Å². The maximum Gasteiger partial charge on any atom is 0.170 e. The van der Waals surface area contributed by atoms with Crippen molar-refractivity contribution in [2.24, 2.45) is 0 Å². The lowest BCUT2D eigenvalue weighted by atomic mass is 9.87. The molecule has 0 atom stereocenters. The van der Waals surface area contributed by atoms with Crippen molar-refractivity contribution in [3.05, 3.63) is 47.8 Å². The van der Waals surface area contributed by atoms with Crippen LogP contribution in [0.2, 0.25) is 0 Å². The third-order valence-electron chi connectivity index (χ3n) is 5.60. The third-order valence-corrected chi connectivity index (χ3v) is 5.60. The van der Waals surface area contributed by atoms with Gasteiger partial charge in [0.2, 0.25) is 0 Å². The van der Waals surface area contributed by atoms with Crippen LogP contribution < -0.4 is 9.47 Å². The van der Waals surface area contributed by atoms with Gasteiger partial charge in [0.05, 0.1) is 37.6 Å². The number of hydrogen-bond acceptors (Lipinski definition) is 5. The summed E-state index contributed by atoms with van der Waals surface area (Å²) in [6.45, 7) is 5.88. The van der Waals surface area contributed by atoms with E-state index in [1.807, 2.05) is 48.7 Å². The highest BCUT2D eigenvalue weighted by Crippen LogP contribution is 2.37. The van der Waals surface area contributed by atoms with Gasteiger partial charge >= 0.3 is 0 Å². The Labute approximate surface area is 183 Å². The van der Waals surface area contributed by atoms with Crippen LogP contribution in [0.25, 0.3) is 16.9 Å². The molecule has 0 unspecified atom stereocenters. The number of pyridine rings is 1. The first-order chi connectivity index (χ1) is 14.9. The molecule has 2 aromatic heterocycles. The second kappa shape index (κ2) is 9.22. The zero-order valence-electron chi connectivity index (χ0n) is 18.9. The zero-order chi connectivity index (χ0) is 22.6. The molecule has 0 aliphatic heterocycles. The molecule has 0 N–H and O–H groups in total. The van der Waals surface area contributed by atoms with Crippen molar-refractivity contribution in [1.29, 1.82) is 5.26 Å². The van der Waals surface area contributed by atoms with E-state index in [-0.39, 0.29) is 5.78 Å². The molecule has 0 spiro atoms. The first kappa shape index (κ1) is 22.4. The smallest absolute Gasteiger partial charge is 0.170 e. The number of hydrogen-bond donors (Lipinski definition) is 0. The molecule has 0 aliphatic carbocycles. The molecule has 0 saturated heterocycles. The molecule has 6 heteroatoms. The molecular weight excluding hydrogens is 390 g/mol. The van der Waals surface area contributed by atoms with Crippen molar-refractivity contribution < 1.29 is 14.3 Å². The molecule has 3 rings (SSSR count). The molecule has 1 aromatic carbocycles. The van der Waals surface area contributed by atoms with Gasteiger partial charge in [-0.3, -0.25) is 9.20 Å². The molecule has 0 bridgehead atoms. The first-order valence-corrected chi connectivity index (χ1v) is 10.5. The highest BCUT2D eigenvalue weighted by molar-refractivity contribution is 6.02. The van der Waals surface area contributed by atoms with Gasteiger partial charge in [0.15, 0.2) is 5.78 Å². The number of aromatic nitrogens is 2. The molecule has 0 amide bonds. The molecule has 0 radical (unpaired) electrons. The Morgan fingerprint density at radius 3 is 2.42 bits per heavy atom. The molecule has 31 heavy (non-hydrogen) atoms. The largest absolute Gasteiger partial charge is 0.496 e. The van der Waals surface area contributed by atoms with Crippen LogP contribution >= 0.6 is 0 Å². The lowest BCUT2D eigenvalue weighted by molar-refractivity contribution is 0.0973. The van der Waals surface area contributed by atoms with Crippen LogP contribution in [0.5, 0.6) is 11.5 Å². The molecule has 0 aliphatic rings. The van der Waals surface area contributed by atoms with E-state index in [1.54, 1.807) is 20.4 Å². The maximum absolute atomic E-state index is 12.8. The molecule has 2 heterocycles. The number of nitrogens with zero attached hydrogens (tertiary/aromatic N) is 3. The average Bonchev–Trinajstić information content (AvgIpc) is 3.21. The summed E-state index contributed by atoms with van der Waals surface area (Å²) < 4.78 is 13.1. The van der Waals surface area contributed by atoms with Crippen LogP contribution in [-0.4, -0.2) is 29.4 Å². The summed E-state index contributed by atoms with van der Waals surface area (Å²) in [6, 6.07) is 9.89. The van der Waals surface area contributed by atoms with Gasteiger partial charge < -0.3 is 9.47 Å². The predicted octanol–water partition coefficient (Wildman–Crippen LogP) is 5.58. The van der Waals surface area contributed by atoms with Gasteiger partial charge in [-0.05, 0) is 50.1 Å². The molecule has 6 nitrogen and oxygen atoms in total. The summed E-state index contributed by atoms with van der Waals surface area (Å²) in [5.41, 5.74) is 3.21. The van der Waals surface area contributed by atoms with E-state index in [0.29, 0.717) is 23.5 Å².